The Morgan fingerprint density at radius 3 is 2.83 bits per heavy atom. The Morgan fingerprint density at radius 2 is 2.13 bits per heavy atom. The van der Waals surface area contributed by atoms with E-state index in [4.69, 9.17) is 0 Å². The molecular weight excluding hydrogens is 433 g/mol. The molecule has 2 aliphatic rings. The number of hydrogen-bond acceptors (Lipinski definition) is 7. The highest BCUT2D eigenvalue weighted by atomic mass is 35.5. The second kappa shape index (κ2) is 7.93. The first-order valence-electron chi connectivity index (χ1n) is 9.40. The van der Waals surface area contributed by atoms with Crippen molar-refractivity contribution >= 4 is 46.6 Å². The lowest BCUT2D eigenvalue weighted by Crippen LogP contribution is -2.40. The van der Waals surface area contributed by atoms with Crippen LogP contribution in [0.2, 0.25) is 0 Å². The maximum Gasteiger partial charge on any atom is 0.341 e. The Bertz CT molecular complexity index is 1170. The van der Waals surface area contributed by atoms with E-state index in [0.29, 0.717) is 17.8 Å². The Balaban J connectivity index is 0.00000218. The van der Waals surface area contributed by atoms with Crippen molar-refractivity contribution in [1.29, 1.82) is 0 Å². The van der Waals surface area contributed by atoms with Gasteiger partial charge in [0.25, 0.3) is 0 Å². The number of anilines is 1. The van der Waals surface area contributed by atoms with Gasteiger partial charge in [-0.3, -0.25) is 9.36 Å². The molecule has 0 saturated carbocycles. The average molecular weight is 452 g/mol. The average Bonchev–Trinajstić information content (AvgIpc) is 3.34. The first-order valence-corrected chi connectivity index (χ1v) is 10.3. The number of nitrogens with zero attached hydrogens (tertiary/aromatic N) is 4. The number of piperidine rings is 1. The third-order valence-corrected chi connectivity index (χ3v) is 6.47. The molecule has 0 amide bonds. The first-order chi connectivity index (χ1) is 14.0. The molecule has 8 nitrogen and oxygen atoms in total. The Hall–Kier alpha value is -2.56. The second-order valence-electron chi connectivity index (χ2n) is 7.41. The van der Waals surface area contributed by atoms with E-state index in [0.717, 1.165) is 37.4 Å². The van der Waals surface area contributed by atoms with Gasteiger partial charge in [-0.1, -0.05) is 0 Å². The molecule has 0 aromatic carbocycles. The largest absolute Gasteiger partial charge is 0.477 e. The molecule has 3 aromatic heterocycles. The molecule has 2 fully saturated rings. The fraction of sp³-hybridized carbons (Fsp3) is 0.368. The Morgan fingerprint density at radius 1 is 1.30 bits per heavy atom. The number of carbonyl (C=O) groups is 1. The van der Waals surface area contributed by atoms with Crippen molar-refractivity contribution in [2.75, 3.05) is 24.5 Å². The lowest BCUT2D eigenvalue weighted by atomic mass is 9.94. The van der Waals surface area contributed by atoms with Crippen LogP contribution in [0.25, 0.3) is 16.2 Å². The van der Waals surface area contributed by atoms with Crippen LogP contribution in [0.3, 0.4) is 0 Å². The van der Waals surface area contributed by atoms with Crippen molar-refractivity contribution in [2.24, 2.45) is 5.92 Å². The van der Waals surface area contributed by atoms with Gasteiger partial charge >= 0.3 is 5.97 Å². The van der Waals surface area contributed by atoms with Crippen molar-refractivity contribution in [3.8, 4) is 5.13 Å². The highest BCUT2D eigenvalue weighted by Gasteiger charge is 2.35. The number of fused-ring (bicyclic) bond motifs is 2. The molecule has 2 saturated heterocycles. The summed E-state index contributed by atoms with van der Waals surface area (Å²) in [6.07, 6.45) is 3.51. The predicted octanol–water partition coefficient (Wildman–Crippen LogP) is 2.29. The Kier molecular flexibility index (Phi) is 5.48. The highest BCUT2D eigenvalue weighted by Crippen LogP contribution is 2.29. The van der Waals surface area contributed by atoms with Crippen molar-refractivity contribution in [2.45, 2.75) is 18.9 Å². The number of nitrogens with one attached hydrogen (secondary N) is 1. The number of hydrogen-bond donors (Lipinski definition) is 2. The summed E-state index contributed by atoms with van der Waals surface area (Å²) in [5.41, 5.74) is -0.745. The summed E-state index contributed by atoms with van der Waals surface area (Å²) in [6, 6.07) is 3.77. The van der Waals surface area contributed by atoms with Crippen LogP contribution in [0, 0.1) is 11.9 Å². The summed E-state index contributed by atoms with van der Waals surface area (Å²) in [7, 11) is 0. The molecule has 0 bridgehead atoms. The summed E-state index contributed by atoms with van der Waals surface area (Å²) in [5, 5.41) is 14.6. The standard InChI is InChI=1S/C19H18FN5O3S.ClH/c20-14-9-29-19(22-14)25-7-12(18(27)28)16(26)11-3-4-15(23-17(11)25)24-6-10-2-1-5-21-13(10)8-24;/h3-4,7,9-10,13,21H,1-2,5-6,8H2,(H,27,28);1H/t10-,13+;/m0./s1. The molecule has 0 spiro atoms. The molecule has 30 heavy (non-hydrogen) atoms. The van der Waals surface area contributed by atoms with Gasteiger partial charge in [0, 0.05) is 30.7 Å². The molecule has 2 aliphatic heterocycles. The maximum absolute atomic E-state index is 13.5. The van der Waals surface area contributed by atoms with E-state index >= 15 is 0 Å². The third kappa shape index (κ3) is 3.44. The number of aromatic carboxylic acids is 1. The number of rotatable bonds is 3. The van der Waals surface area contributed by atoms with Crippen LogP contribution in [0.5, 0.6) is 0 Å². The van der Waals surface area contributed by atoms with Gasteiger partial charge in [0.15, 0.2) is 10.8 Å². The third-order valence-electron chi connectivity index (χ3n) is 5.66. The number of thiazole rings is 1. The quantitative estimate of drug-likeness (QED) is 0.630. The zero-order chi connectivity index (χ0) is 20.1. The van der Waals surface area contributed by atoms with Crippen LogP contribution in [0.15, 0.2) is 28.5 Å². The molecule has 158 valence electrons. The van der Waals surface area contributed by atoms with Crippen molar-refractivity contribution in [3.05, 3.63) is 45.4 Å². The van der Waals surface area contributed by atoms with Crippen LogP contribution in [0.4, 0.5) is 10.2 Å². The zero-order valence-electron chi connectivity index (χ0n) is 15.7. The van der Waals surface area contributed by atoms with Gasteiger partial charge in [-0.05, 0) is 37.4 Å². The molecule has 3 aromatic rings. The number of pyridine rings is 2. The fourth-order valence-corrected chi connectivity index (χ4v) is 4.91. The summed E-state index contributed by atoms with van der Waals surface area (Å²) in [6.45, 7) is 2.72. The van der Waals surface area contributed by atoms with Gasteiger partial charge in [0.2, 0.25) is 11.4 Å². The lowest BCUT2D eigenvalue weighted by Gasteiger charge is -2.24. The highest BCUT2D eigenvalue weighted by molar-refractivity contribution is 7.12. The molecule has 2 atom stereocenters. The van der Waals surface area contributed by atoms with E-state index in [9.17, 15) is 19.1 Å². The minimum absolute atomic E-state index is 0. The van der Waals surface area contributed by atoms with E-state index in [1.807, 2.05) is 0 Å². The van der Waals surface area contributed by atoms with E-state index in [1.54, 1.807) is 12.1 Å². The number of halogens is 2. The second-order valence-corrected chi connectivity index (χ2v) is 8.24. The van der Waals surface area contributed by atoms with Crippen LogP contribution in [-0.2, 0) is 0 Å². The first kappa shape index (κ1) is 20.7. The van der Waals surface area contributed by atoms with E-state index in [1.165, 1.54) is 22.6 Å². The summed E-state index contributed by atoms with van der Waals surface area (Å²) in [5.74, 6) is -0.742. The van der Waals surface area contributed by atoms with Gasteiger partial charge in [-0.2, -0.15) is 9.37 Å². The van der Waals surface area contributed by atoms with Crippen LogP contribution in [-0.4, -0.2) is 51.3 Å². The maximum atomic E-state index is 13.5. The van der Waals surface area contributed by atoms with Gasteiger partial charge in [0.05, 0.1) is 5.39 Å². The van der Waals surface area contributed by atoms with Crippen molar-refractivity contribution in [3.63, 3.8) is 0 Å². The molecule has 11 heteroatoms. The van der Waals surface area contributed by atoms with Gasteiger partial charge in [0.1, 0.15) is 11.4 Å². The van der Waals surface area contributed by atoms with Gasteiger partial charge in [-0.25, -0.2) is 9.78 Å². The van der Waals surface area contributed by atoms with Crippen LogP contribution >= 0.6 is 23.7 Å². The number of aromatic nitrogens is 3. The van der Waals surface area contributed by atoms with E-state index in [-0.39, 0.29) is 28.6 Å². The van der Waals surface area contributed by atoms with Crippen molar-refractivity contribution in [1.82, 2.24) is 19.9 Å². The SMILES string of the molecule is Cl.O=C(O)c1cn(-c2nc(F)cs2)c2nc(N3C[C@@H]4CCCN[C@@H]4C3)ccc2c1=O. The fourth-order valence-electron chi connectivity index (χ4n) is 4.26. The van der Waals surface area contributed by atoms with Gasteiger partial charge < -0.3 is 15.3 Å². The summed E-state index contributed by atoms with van der Waals surface area (Å²) >= 11 is 1.02. The van der Waals surface area contributed by atoms with E-state index < -0.39 is 22.9 Å². The molecule has 5 heterocycles. The molecule has 0 aliphatic carbocycles. The minimum Gasteiger partial charge on any atom is -0.477 e. The molecule has 5 rings (SSSR count). The topological polar surface area (TPSA) is 100 Å². The predicted molar refractivity (Wildman–Crippen MR) is 114 cm³/mol. The number of carboxylic acid groups (broad SMARTS) is 1. The monoisotopic (exact) mass is 451 g/mol. The molecule has 2 N–H and O–H groups in total. The van der Waals surface area contributed by atoms with E-state index in [2.05, 4.69) is 20.2 Å². The summed E-state index contributed by atoms with van der Waals surface area (Å²) in [4.78, 5) is 34.8. The van der Waals surface area contributed by atoms with Gasteiger partial charge in [-0.15, -0.1) is 23.7 Å². The number of carboxylic acids is 1. The summed E-state index contributed by atoms with van der Waals surface area (Å²) < 4.78 is 14.9. The van der Waals surface area contributed by atoms with Crippen LogP contribution in [0.1, 0.15) is 23.2 Å². The Labute approximate surface area is 180 Å². The molecule has 0 radical (unpaired) electrons. The minimum atomic E-state index is -1.35. The van der Waals surface area contributed by atoms with Crippen molar-refractivity contribution < 1.29 is 14.3 Å². The smallest absolute Gasteiger partial charge is 0.341 e. The molecule has 0 unspecified atom stereocenters. The van der Waals surface area contributed by atoms with Crippen LogP contribution < -0.4 is 15.6 Å². The zero-order valence-corrected chi connectivity index (χ0v) is 17.4. The molecular formula is C19H19ClFN5O3S. The lowest BCUT2D eigenvalue weighted by molar-refractivity contribution is 0.0695. The normalized spacial score (nSPS) is 20.8.